The number of carbonyl (C=O) groups excluding carboxylic acids is 1. The Hall–Kier alpha value is -2.71. The molecule has 1 amide bonds. The van der Waals surface area contributed by atoms with Gasteiger partial charge in [-0.05, 0) is 60.3 Å². The maximum absolute atomic E-state index is 12.9. The van der Waals surface area contributed by atoms with E-state index < -0.39 is 0 Å². The molecule has 168 valence electrons. The molecule has 4 rings (SSSR count). The third-order valence-electron chi connectivity index (χ3n) is 5.43. The molecular formula is C24H30N6OS. The van der Waals surface area contributed by atoms with Crippen LogP contribution in [-0.2, 0) is 4.79 Å². The molecule has 7 nitrogen and oxygen atoms in total. The maximum Gasteiger partial charge on any atom is 0.224 e. The van der Waals surface area contributed by atoms with Gasteiger partial charge in [0.15, 0.2) is 0 Å². The van der Waals surface area contributed by atoms with E-state index in [1.54, 1.807) is 11.8 Å². The summed E-state index contributed by atoms with van der Waals surface area (Å²) >= 11 is 1.76. The van der Waals surface area contributed by atoms with Crippen molar-refractivity contribution in [3.8, 4) is 22.5 Å². The molecule has 1 fully saturated rings. The molecule has 0 aliphatic carbocycles. The van der Waals surface area contributed by atoms with E-state index in [2.05, 4.69) is 70.2 Å². The molecular weight excluding hydrogens is 420 g/mol. The monoisotopic (exact) mass is 450 g/mol. The number of piperidine rings is 1. The molecule has 0 spiro atoms. The number of aromatic amines is 1. The number of nitrogens with zero attached hydrogens (tertiary/aromatic N) is 3. The number of carbonyl (C=O) groups is 1. The number of H-pyrrole nitrogens is 1. The number of aromatic nitrogens is 4. The average Bonchev–Trinajstić information content (AvgIpc) is 3.29. The van der Waals surface area contributed by atoms with Crippen LogP contribution in [0.15, 0.2) is 47.4 Å². The first-order valence-electron chi connectivity index (χ1n) is 11.1. The molecule has 0 radical (unpaired) electrons. The van der Waals surface area contributed by atoms with E-state index in [9.17, 15) is 4.79 Å². The molecule has 2 aromatic carbocycles. The predicted octanol–water partition coefficient (Wildman–Crippen LogP) is 4.75. The van der Waals surface area contributed by atoms with Crippen LogP contribution in [0.25, 0.3) is 22.5 Å². The summed E-state index contributed by atoms with van der Waals surface area (Å²) in [6.45, 7) is 8.52. The Labute approximate surface area is 193 Å². The molecule has 1 aromatic heterocycles. The van der Waals surface area contributed by atoms with Crippen LogP contribution in [0.4, 0.5) is 5.69 Å². The molecule has 3 aromatic rings. The van der Waals surface area contributed by atoms with Crippen molar-refractivity contribution >= 4 is 23.4 Å². The highest BCUT2D eigenvalue weighted by Crippen LogP contribution is 2.40. The standard InChI is InChI=1S/C24H30N6OS/c1-24(2,3)32-21-9-8-17(18-6-4-5-7-19(18)23-27-29-30-28-23)15-20(21)26-22(31)14-16-10-12-25-13-11-16/h4-9,15-16,25H,10-14H2,1-3H3,(H,26,31)(H,27,28,29,30). The molecule has 1 aliphatic heterocycles. The minimum Gasteiger partial charge on any atom is -0.325 e. The van der Waals surface area contributed by atoms with Crippen LogP contribution in [0.1, 0.15) is 40.0 Å². The lowest BCUT2D eigenvalue weighted by atomic mass is 9.94. The van der Waals surface area contributed by atoms with Crippen molar-refractivity contribution in [3.63, 3.8) is 0 Å². The lowest BCUT2D eigenvalue weighted by Crippen LogP contribution is -2.30. The zero-order chi connectivity index (χ0) is 22.6. The second-order valence-electron chi connectivity index (χ2n) is 9.15. The number of thioether (sulfide) groups is 1. The Morgan fingerprint density at radius 3 is 2.56 bits per heavy atom. The molecule has 1 saturated heterocycles. The van der Waals surface area contributed by atoms with E-state index in [1.807, 2.05) is 24.3 Å². The lowest BCUT2D eigenvalue weighted by molar-refractivity contribution is -0.117. The summed E-state index contributed by atoms with van der Waals surface area (Å²) in [7, 11) is 0. The van der Waals surface area contributed by atoms with Gasteiger partial charge in [-0.2, -0.15) is 5.21 Å². The Kier molecular flexibility index (Phi) is 6.91. The Morgan fingerprint density at radius 2 is 1.88 bits per heavy atom. The van der Waals surface area contributed by atoms with Gasteiger partial charge >= 0.3 is 0 Å². The van der Waals surface area contributed by atoms with Crippen molar-refractivity contribution in [2.24, 2.45) is 5.92 Å². The summed E-state index contributed by atoms with van der Waals surface area (Å²) in [4.78, 5) is 14.0. The SMILES string of the molecule is CC(C)(C)Sc1ccc(-c2ccccc2-c2nn[nH]n2)cc1NC(=O)CC1CCNCC1. The molecule has 0 saturated carbocycles. The molecule has 2 heterocycles. The fraction of sp³-hybridized carbons (Fsp3) is 0.417. The summed E-state index contributed by atoms with van der Waals surface area (Å²) in [5.41, 5.74) is 3.74. The van der Waals surface area contributed by atoms with Gasteiger partial charge in [0, 0.05) is 21.6 Å². The second-order valence-corrected chi connectivity index (χ2v) is 11.0. The molecule has 0 atom stereocenters. The molecule has 3 N–H and O–H groups in total. The number of hydrogen-bond acceptors (Lipinski definition) is 6. The number of hydrogen-bond donors (Lipinski definition) is 3. The van der Waals surface area contributed by atoms with Crippen molar-refractivity contribution in [3.05, 3.63) is 42.5 Å². The van der Waals surface area contributed by atoms with Gasteiger partial charge in [0.1, 0.15) is 0 Å². The van der Waals surface area contributed by atoms with Gasteiger partial charge in [-0.3, -0.25) is 4.79 Å². The number of nitrogens with one attached hydrogen (secondary N) is 3. The smallest absolute Gasteiger partial charge is 0.224 e. The molecule has 1 aliphatic rings. The molecule has 32 heavy (non-hydrogen) atoms. The average molecular weight is 451 g/mol. The topological polar surface area (TPSA) is 95.6 Å². The quantitative estimate of drug-likeness (QED) is 0.469. The number of amides is 1. The first-order chi connectivity index (χ1) is 15.4. The van der Waals surface area contributed by atoms with Gasteiger partial charge in [-0.15, -0.1) is 22.0 Å². The summed E-state index contributed by atoms with van der Waals surface area (Å²) in [6, 6.07) is 14.2. The zero-order valence-electron chi connectivity index (χ0n) is 18.8. The Balaban J connectivity index is 1.65. The first-order valence-corrected chi connectivity index (χ1v) is 11.9. The third-order valence-corrected chi connectivity index (χ3v) is 6.62. The number of benzene rings is 2. The minimum atomic E-state index is 0.0264. The van der Waals surface area contributed by atoms with Crippen molar-refractivity contribution in [1.29, 1.82) is 0 Å². The van der Waals surface area contributed by atoms with E-state index in [0.717, 1.165) is 53.2 Å². The lowest BCUT2D eigenvalue weighted by Gasteiger charge is -2.23. The summed E-state index contributed by atoms with van der Waals surface area (Å²) in [5.74, 6) is 1.07. The Morgan fingerprint density at radius 1 is 1.12 bits per heavy atom. The third kappa shape index (κ3) is 5.75. The highest BCUT2D eigenvalue weighted by Gasteiger charge is 2.21. The molecule has 0 bridgehead atoms. The van der Waals surface area contributed by atoms with Crippen molar-refractivity contribution in [1.82, 2.24) is 25.9 Å². The normalized spacial score (nSPS) is 15.0. The number of rotatable bonds is 6. The van der Waals surface area contributed by atoms with E-state index in [-0.39, 0.29) is 10.7 Å². The van der Waals surface area contributed by atoms with Gasteiger partial charge in [-0.1, -0.05) is 51.1 Å². The van der Waals surface area contributed by atoms with E-state index in [0.29, 0.717) is 18.2 Å². The Bertz CT molecular complexity index is 1050. The summed E-state index contributed by atoms with van der Waals surface area (Å²) in [6.07, 6.45) is 2.66. The maximum atomic E-state index is 12.9. The van der Waals surface area contributed by atoms with Crippen molar-refractivity contribution in [2.75, 3.05) is 18.4 Å². The number of anilines is 1. The van der Waals surface area contributed by atoms with E-state index >= 15 is 0 Å². The van der Waals surface area contributed by atoms with E-state index in [1.165, 1.54) is 0 Å². The predicted molar refractivity (Wildman–Crippen MR) is 130 cm³/mol. The van der Waals surface area contributed by atoms with Crippen LogP contribution in [0.3, 0.4) is 0 Å². The first kappa shape index (κ1) is 22.5. The summed E-state index contributed by atoms with van der Waals surface area (Å²) < 4.78 is 0.0264. The fourth-order valence-electron chi connectivity index (χ4n) is 3.97. The van der Waals surface area contributed by atoms with Gasteiger partial charge in [0.25, 0.3) is 0 Å². The van der Waals surface area contributed by atoms with Crippen LogP contribution in [-0.4, -0.2) is 44.4 Å². The van der Waals surface area contributed by atoms with E-state index in [4.69, 9.17) is 0 Å². The van der Waals surface area contributed by atoms with Crippen LogP contribution in [0, 0.1) is 5.92 Å². The van der Waals surface area contributed by atoms with Crippen LogP contribution in [0.5, 0.6) is 0 Å². The van der Waals surface area contributed by atoms with Gasteiger partial charge < -0.3 is 10.6 Å². The highest BCUT2D eigenvalue weighted by molar-refractivity contribution is 8.00. The van der Waals surface area contributed by atoms with Gasteiger partial charge in [-0.25, -0.2) is 0 Å². The van der Waals surface area contributed by atoms with Crippen LogP contribution in [0.2, 0.25) is 0 Å². The molecule has 0 unspecified atom stereocenters. The van der Waals surface area contributed by atoms with Gasteiger partial charge in [0.2, 0.25) is 11.7 Å². The number of tetrazole rings is 1. The van der Waals surface area contributed by atoms with Crippen molar-refractivity contribution in [2.45, 2.75) is 49.7 Å². The van der Waals surface area contributed by atoms with Gasteiger partial charge in [0.05, 0.1) is 5.69 Å². The zero-order valence-corrected chi connectivity index (χ0v) is 19.6. The van der Waals surface area contributed by atoms with Crippen molar-refractivity contribution < 1.29 is 4.79 Å². The van der Waals surface area contributed by atoms with Crippen LogP contribution >= 0.6 is 11.8 Å². The second kappa shape index (κ2) is 9.83. The highest BCUT2D eigenvalue weighted by atomic mass is 32.2. The minimum absolute atomic E-state index is 0.0264. The largest absolute Gasteiger partial charge is 0.325 e. The molecule has 8 heteroatoms. The summed E-state index contributed by atoms with van der Waals surface area (Å²) in [5, 5.41) is 21.1. The fourth-order valence-corrected chi connectivity index (χ4v) is 4.98. The van der Waals surface area contributed by atoms with Crippen LogP contribution < -0.4 is 10.6 Å².